The topological polar surface area (TPSA) is 33.1 Å². The number of halogens is 1. The lowest BCUT2D eigenvalue weighted by atomic mass is 9.98. The first kappa shape index (κ1) is 15.8. The Kier molecular flexibility index (Phi) is 5.87. The van der Waals surface area contributed by atoms with Crippen LogP contribution in [0.2, 0.25) is 5.02 Å². The molecule has 1 fully saturated rings. The lowest BCUT2D eigenvalue weighted by molar-refractivity contribution is 0.162. The number of hydrogen-bond donors (Lipinski definition) is 1. The number of rotatable bonds is 6. The average Bonchev–Trinajstić information content (AvgIpc) is 2.73. The molecule has 0 aliphatic carbocycles. The van der Waals surface area contributed by atoms with Gasteiger partial charge in [0.2, 0.25) is 0 Å². The molecule has 0 radical (unpaired) electrons. The average molecular weight is 299 g/mol. The monoisotopic (exact) mass is 298 g/mol. The molecule has 1 atom stereocenters. The molecule has 20 heavy (non-hydrogen) atoms. The minimum atomic E-state index is 0.765. The van der Waals surface area contributed by atoms with Gasteiger partial charge in [0.05, 0.1) is 16.4 Å². The Bertz CT molecular complexity index is 430. The molecule has 0 amide bonds. The number of piperidine rings is 1. The van der Waals surface area contributed by atoms with Crippen LogP contribution in [0.15, 0.2) is 0 Å². The second-order valence-electron chi connectivity index (χ2n) is 5.71. The maximum absolute atomic E-state index is 6.41. The van der Waals surface area contributed by atoms with Gasteiger partial charge in [-0.1, -0.05) is 18.5 Å². The quantitative estimate of drug-likeness (QED) is 0.876. The summed E-state index contributed by atoms with van der Waals surface area (Å²) in [6.07, 6.45) is 2.62. The fraction of sp³-hybridized carbons (Fsp3) is 0.800. The first-order valence-electron chi connectivity index (χ1n) is 7.80. The molecule has 5 heteroatoms. The minimum absolute atomic E-state index is 0.765. The molecule has 4 nitrogen and oxygen atoms in total. The molecule has 0 bridgehead atoms. The number of hydrogen-bond acceptors (Lipinski definition) is 3. The molecule has 2 rings (SSSR count). The van der Waals surface area contributed by atoms with E-state index in [1.807, 2.05) is 11.6 Å². The van der Waals surface area contributed by atoms with Gasteiger partial charge in [-0.3, -0.25) is 9.58 Å². The van der Waals surface area contributed by atoms with Crippen molar-refractivity contribution in [3.63, 3.8) is 0 Å². The number of likely N-dealkylation sites (tertiary alicyclic amines) is 1. The summed E-state index contributed by atoms with van der Waals surface area (Å²) in [4.78, 5) is 2.53. The van der Waals surface area contributed by atoms with Gasteiger partial charge in [-0.05, 0) is 52.2 Å². The predicted octanol–water partition coefficient (Wildman–Crippen LogP) is 2.69. The minimum Gasteiger partial charge on any atom is -0.317 e. The zero-order valence-corrected chi connectivity index (χ0v) is 13.7. The molecular weight excluding hydrogens is 272 g/mol. The summed E-state index contributed by atoms with van der Waals surface area (Å²) in [5.74, 6) is 0.765. The van der Waals surface area contributed by atoms with Gasteiger partial charge >= 0.3 is 0 Å². The molecule has 0 spiro atoms. The van der Waals surface area contributed by atoms with Crippen LogP contribution in [-0.2, 0) is 13.1 Å². The molecular formula is C15H27ClN4. The van der Waals surface area contributed by atoms with Gasteiger partial charge < -0.3 is 5.32 Å². The Labute approximate surface area is 127 Å². The molecule has 1 aliphatic heterocycles. The van der Waals surface area contributed by atoms with Crippen molar-refractivity contribution in [3.05, 3.63) is 16.4 Å². The summed E-state index contributed by atoms with van der Waals surface area (Å²) >= 11 is 6.41. The van der Waals surface area contributed by atoms with Gasteiger partial charge in [0.25, 0.3) is 0 Å². The van der Waals surface area contributed by atoms with Crippen molar-refractivity contribution < 1.29 is 0 Å². The lowest BCUT2D eigenvalue weighted by Crippen LogP contribution is -2.39. The molecule has 1 saturated heterocycles. The second kappa shape index (κ2) is 7.43. The van der Waals surface area contributed by atoms with Crippen LogP contribution in [0.5, 0.6) is 0 Å². The van der Waals surface area contributed by atoms with Crippen LogP contribution in [-0.4, -0.2) is 40.9 Å². The highest BCUT2D eigenvalue weighted by molar-refractivity contribution is 6.31. The van der Waals surface area contributed by atoms with E-state index in [1.54, 1.807) is 0 Å². The zero-order chi connectivity index (χ0) is 14.5. The third-order valence-corrected chi connectivity index (χ3v) is 4.60. The third-order valence-electron chi connectivity index (χ3n) is 4.11. The Balaban J connectivity index is 1.99. The van der Waals surface area contributed by atoms with Crippen LogP contribution in [0.4, 0.5) is 0 Å². The van der Waals surface area contributed by atoms with Crippen LogP contribution < -0.4 is 5.32 Å². The van der Waals surface area contributed by atoms with Gasteiger partial charge in [-0.15, -0.1) is 0 Å². The summed E-state index contributed by atoms with van der Waals surface area (Å²) in [7, 11) is 0. The maximum atomic E-state index is 6.41. The zero-order valence-electron chi connectivity index (χ0n) is 13.0. The van der Waals surface area contributed by atoms with Crippen molar-refractivity contribution in [2.24, 2.45) is 5.92 Å². The van der Waals surface area contributed by atoms with Gasteiger partial charge in [0.1, 0.15) is 0 Å². The summed E-state index contributed by atoms with van der Waals surface area (Å²) in [6, 6.07) is 0. The standard InChI is InChI=1S/C15H27ClN4/c1-4-17-9-13-7-6-8-19(10-13)11-14-15(16)12(3)18-20(14)5-2/h13,17H,4-11H2,1-3H3. The summed E-state index contributed by atoms with van der Waals surface area (Å²) in [5.41, 5.74) is 2.13. The number of nitrogens with zero attached hydrogens (tertiary/aromatic N) is 3. The third kappa shape index (κ3) is 3.74. The summed E-state index contributed by atoms with van der Waals surface area (Å²) in [6.45, 7) is 12.6. The second-order valence-corrected chi connectivity index (χ2v) is 6.09. The van der Waals surface area contributed by atoms with Crippen LogP contribution >= 0.6 is 11.6 Å². The van der Waals surface area contributed by atoms with Crippen LogP contribution in [0.1, 0.15) is 38.1 Å². The molecule has 1 unspecified atom stereocenters. The highest BCUT2D eigenvalue weighted by Gasteiger charge is 2.22. The van der Waals surface area contributed by atoms with Gasteiger partial charge in [0.15, 0.2) is 0 Å². The predicted molar refractivity (Wildman–Crippen MR) is 84.2 cm³/mol. The molecule has 1 N–H and O–H groups in total. The summed E-state index contributed by atoms with van der Waals surface area (Å²) in [5, 5.41) is 8.83. The van der Waals surface area contributed by atoms with Gasteiger partial charge in [0, 0.05) is 19.6 Å². The van der Waals surface area contributed by atoms with Crippen molar-refractivity contribution in [2.45, 2.75) is 46.7 Å². The summed E-state index contributed by atoms with van der Waals surface area (Å²) < 4.78 is 2.05. The van der Waals surface area contributed by atoms with E-state index in [2.05, 4.69) is 29.2 Å². The molecule has 1 aromatic heterocycles. The smallest absolute Gasteiger partial charge is 0.0860 e. The highest BCUT2D eigenvalue weighted by atomic mass is 35.5. The molecule has 1 aliphatic rings. The SMILES string of the molecule is CCNCC1CCCN(Cc2c(Cl)c(C)nn2CC)C1. The fourth-order valence-corrected chi connectivity index (χ4v) is 3.24. The van der Waals surface area contributed by atoms with E-state index in [9.17, 15) is 0 Å². The van der Waals surface area contributed by atoms with E-state index >= 15 is 0 Å². The maximum Gasteiger partial charge on any atom is 0.0860 e. The van der Waals surface area contributed by atoms with E-state index in [0.29, 0.717) is 0 Å². The molecule has 0 saturated carbocycles. The van der Waals surface area contributed by atoms with Crippen molar-refractivity contribution in [3.8, 4) is 0 Å². The Morgan fingerprint density at radius 3 is 2.90 bits per heavy atom. The van der Waals surface area contributed by atoms with Crippen molar-refractivity contribution >= 4 is 11.6 Å². The highest BCUT2D eigenvalue weighted by Crippen LogP contribution is 2.24. The number of aromatic nitrogens is 2. The van der Waals surface area contributed by atoms with E-state index in [0.717, 1.165) is 49.4 Å². The molecule has 0 aromatic carbocycles. The molecule has 2 heterocycles. The Morgan fingerprint density at radius 1 is 1.40 bits per heavy atom. The first-order chi connectivity index (χ1) is 9.65. The van der Waals surface area contributed by atoms with Crippen LogP contribution in [0, 0.1) is 12.8 Å². The fourth-order valence-electron chi connectivity index (χ4n) is 3.04. The van der Waals surface area contributed by atoms with Crippen molar-refractivity contribution in [2.75, 3.05) is 26.2 Å². The number of nitrogens with one attached hydrogen (secondary N) is 1. The van der Waals surface area contributed by atoms with E-state index < -0.39 is 0 Å². The van der Waals surface area contributed by atoms with Gasteiger partial charge in [-0.2, -0.15) is 5.10 Å². The lowest BCUT2D eigenvalue weighted by Gasteiger charge is -2.33. The van der Waals surface area contributed by atoms with Crippen molar-refractivity contribution in [1.82, 2.24) is 20.0 Å². The van der Waals surface area contributed by atoms with E-state index in [-0.39, 0.29) is 0 Å². The largest absolute Gasteiger partial charge is 0.317 e. The van der Waals surface area contributed by atoms with Crippen LogP contribution in [0.25, 0.3) is 0 Å². The molecule has 1 aromatic rings. The Morgan fingerprint density at radius 2 is 2.20 bits per heavy atom. The van der Waals surface area contributed by atoms with Crippen LogP contribution in [0.3, 0.4) is 0 Å². The van der Waals surface area contributed by atoms with Crippen molar-refractivity contribution in [1.29, 1.82) is 0 Å². The normalized spacial score (nSPS) is 20.5. The Hall–Kier alpha value is -0.580. The molecule has 114 valence electrons. The van der Waals surface area contributed by atoms with E-state index in [1.165, 1.54) is 25.1 Å². The number of aryl methyl sites for hydroxylation is 2. The first-order valence-corrected chi connectivity index (χ1v) is 8.18. The van der Waals surface area contributed by atoms with E-state index in [4.69, 9.17) is 11.6 Å². The van der Waals surface area contributed by atoms with Gasteiger partial charge in [-0.25, -0.2) is 0 Å².